The van der Waals surface area contributed by atoms with Crippen molar-refractivity contribution in [1.29, 1.82) is 0 Å². The number of halogens is 2. The summed E-state index contributed by atoms with van der Waals surface area (Å²) < 4.78 is 14.9. The van der Waals surface area contributed by atoms with Gasteiger partial charge in [-0.1, -0.05) is 19.1 Å². The number of hydrogen-bond acceptors (Lipinski definition) is 4. The van der Waals surface area contributed by atoms with E-state index in [1.807, 2.05) is 18.4 Å². The first-order valence-corrected chi connectivity index (χ1v) is 8.46. The second-order valence-electron chi connectivity index (χ2n) is 5.51. The normalized spacial score (nSPS) is 12.4. The molecule has 1 aromatic heterocycles. The molecule has 144 valence electrons. The van der Waals surface area contributed by atoms with E-state index < -0.39 is 6.10 Å². The summed E-state index contributed by atoms with van der Waals surface area (Å²) in [5.74, 6) is 1.24. The van der Waals surface area contributed by atoms with E-state index in [0.717, 1.165) is 18.8 Å². The number of aliphatic hydroxyl groups excluding tert-OH is 1. The quantitative estimate of drug-likeness (QED) is 0.308. The standard InChI is InChI=1S/C17H25FN6O.HI/c1-3-16-23-22-12-24(16)10-9-20-17(19-4-2)21-11-15(25)13-5-7-14(18)8-6-13;/h5-8,12,15,25H,3-4,9-11H2,1-2H3,(H2,19,20,21);1H. The SMILES string of the molecule is CCNC(=NCC(O)c1ccc(F)cc1)NCCn1cnnc1CC.I. The Kier molecular flexibility index (Phi) is 10.1. The third-order valence-electron chi connectivity index (χ3n) is 3.68. The van der Waals surface area contributed by atoms with Crippen LogP contribution in [0.2, 0.25) is 0 Å². The number of aliphatic hydroxyl groups is 1. The zero-order valence-electron chi connectivity index (χ0n) is 15.0. The van der Waals surface area contributed by atoms with Crippen LogP contribution in [0.25, 0.3) is 0 Å². The van der Waals surface area contributed by atoms with Crippen LogP contribution in [0, 0.1) is 5.82 Å². The van der Waals surface area contributed by atoms with Crippen molar-refractivity contribution >= 4 is 29.9 Å². The average Bonchev–Trinajstić information content (AvgIpc) is 3.07. The molecule has 0 aliphatic carbocycles. The van der Waals surface area contributed by atoms with Crippen molar-refractivity contribution in [3.8, 4) is 0 Å². The molecule has 2 aromatic rings. The smallest absolute Gasteiger partial charge is 0.191 e. The van der Waals surface area contributed by atoms with E-state index in [9.17, 15) is 9.50 Å². The molecule has 0 spiro atoms. The van der Waals surface area contributed by atoms with Crippen LogP contribution in [0.5, 0.6) is 0 Å². The summed E-state index contributed by atoms with van der Waals surface area (Å²) in [6, 6.07) is 5.79. The molecule has 26 heavy (non-hydrogen) atoms. The van der Waals surface area contributed by atoms with Crippen LogP contribution >= 0.6 is 24.0 Å². The fourth-order valence-electron chi connectivity index (χ4n) is 2.34. The maximum atomic E-state index is 12.9. The Hall–Kier alpha value is -1.75. The third-order valence-corrected chi connectivity index (χ3v) is 3.68. The van der Waals surface area contributed by atoms with Crippen molar-refractivity contribution in [1.82, 2.24) is 25.4 Å². The van der Waals surface area contributed by atoms with E-state index in [1.165, 1.54) is 12.1 Å². The minimum absolute atomic E-state index is 0. The van der Waals surface area contributed by atoms with Gasteiger partial charge in [0.05, 0.1) is 12.6 Å². The number of guanidine groups is 1. The molecule has 0 saturated heterocycles. The van der Waals surface area contributed by atoms with Gasteiger partial charge in [-0.3, -0.25) is 4.99 Å². The van der Waals surface area contributed by atoms with Gasteiger partial charge in [0.1, 0.15) is 18.0 Å². The van der Waals surface area contributed by atoms with E-state index in [1.54, 1.807) is 18.5 Å². The Labute approximate surface area is 170 Å². The van der Waals surface area contributed by atoms with Crippen molar-refractivity contribution in [2.45, 2.75) is 32.9 Å². The Morgan fingerprint density at radius 3 is 2.65 bits per heavy atom. The summed E-state index contributed by atoms with van der Waals surface area (Å²) in [4.78, 5) is 4.38. The molecule has 7 nitrogen and oxygen atoms in total. The number of benzene rings is 1. The Bertz CT molecular complexity index is 676. The minimum atomic E-state index is -0.777. The van der Waals surface area contributed by atoms with Gasteiger partial charge in [0.25, 0.3) is 0 Å². The highest BCUT2D eigenvalue weighted by atomic mass is 127. The van der Waals surface area contributed by atoms with Crippen LogP contribution in [0.1, 0.15) is 31.3 Å². The van der Waals surface area contributed by atoms with Crippen LogP contribution in [0.15, 0.2) is 35.6 Å². The van der Waals surface area contributed by atoms with Crippen LogP contribution < -0.4 is 10.6 Å². The first-order valence-electron chi connectivity index (χ1n) is 8.46. The summed E-state index contributed by atoms with van der Waals surface area (Å²) in [7, 11) is 0. The summed E-state index contributed by atoms with van der Waals surface area (Å²) in [5.41, 5.74) is 0.637. The second kappa shape index (κ2) is 11.8. The van der Waals surface area contributed by atoms with Crippen LogP contribution in [-0.2, 0) is 13.0 Å². The number of nitrogens with one attached hydrogen (secondary N) is 2. The van der Waals surface area contributed by atoms with Gasteiger partial charge in [-0.2, -0.15) is 0 Å². The van der Waals surface area contributed by atoms with Gasteiger partial charge in [0.2, 0.25) is 0 Å². The van der Waals surface area contributed by atoms with Gasteiger partial charge < -0.3 is 20.3 Å². The molecule has 0 bridgehead atoms. The largest absolute Gasteiger partial charge is 0.386 e. The summed E-state index contributed by atoms with van der Waals surface area (Å²) >= 11 is 0. The molecule has 0 saturated carbocycles. The number of nitrogens with zero attached hydrogens (tertiary/aromatic N) is 4. The Balaban J connectivity index is 0.00000338. The molecule has 0 fully saturated rings. The Morgan fingerprint density at radius 1 is 1.27 bits per heavy atom. The molecule has 1 aromatic carbocycles. The van der Waals surface area contributed by atoms with Gasteiger partial charge >= 0.3 is 0 Å². The highest BCUT2D eigenvalue weighted by molar-refractivity contribution is 14.0. The van der Waals surface area contributed by atoms with Gasteiger partial charge in [0, 0.05) is 26.1 Å². The van der Waals surface area contributed by atoms with Crippen molar-refractivity contribution in [3.63, 3.8) is 0 Å². The third kappa shape index (κ3) is 6.87. The molecular weight excluding hydrogens is 450 g/mol. The summed E-state index contributed by atoms with van der Waals surface area (Å²) in [6.45, 7) is 6.29. The zero-order chi connectivity index (χ0) is 18.1. The van der Waals surface area contributed by atoms with Gasteiger partial charge in [0.15, 0.2) is 5.96 Å². The van der Waals surface area contributed by atoms with E-state index >= 15 is 0 Å². The molecule has 3 N–H and O–H groups in total. The lowest BCUT2D eigenvalue weighted by Gasteiger charge is -2.14. The molecule has 1 heterocycles. The van der Waals surface area contributed by atoms with Gasteiger partial charge in [-0.05, 0) is 24.6 Å². The van der Waals surface area contributed by atoms with E-state index in [-0.39, 0.29) is 36.3 Å². The monoisotopic (exact) mass is 476 g/mol. The molecule has 2 rings (SSSR count). The lowest BCUT2D eigenvalue weighted by Crippen LogP contribution is -2.39. The summed E-state index contributed by atoms with van der Waals surface area (Å²) in [5, 5.41) is 24.5. The first kappa shape index (κ1) is 22.3. The van der Waals surface area contributed by atoms with Crippen molar-refractivity contribution < 1.29 is 9.50 Å². The minimum Gasteiger partial charge on any atom is -0.386 e. The van der Waals surface area contributed by atoms with Gasteiger partial charge in [-0.25, -0.2) is 4.39 Å². The molecule has 0 amide bonds. The number of aryl methyl sites for hydroxylation is 1. The maximum absolute atomic E-state index is 12.9. The molecule has 9 heteroatoms. The molecule has 0 aliphatic rings. The zero-order valence-corrected chi connectivity index (χ0v) is 17.4. The fraction of sp³-hybridized carbons (Fsp3) is 0.471. The van der Waals surface area contributed by atoms with E-state index in [4.69, 9.17) is 0 Å². The molecule has 1 unspecified atom stereocenters. The number of rotatable bonds is 8. The topological polar surface area (TPSA) is 87.4 Å². The van der Waals surface area contributed by atoms with Crippen LogP contribution in [0.3, 0.4) is 0 Å². The average molecular weight is 476 g/mol. The van der Waals surface area contributed by atoms with E-state index in [0.29, 0.717) is 24.6 Å². The number of aliphatic imine (C=N–C) groups is 1. The lowest BCUT2D eigenvalue weighted by atomic mass is 10.1. The summed E-state index contributed by atoms with van der Waals surface area (Å²) in [6.07, 6.45) is 1.77. The van der Waals surface area contributed by atoms with Crippen LogP contribution in [-0.4, -0.2) is 45.5 Å². The van der Waals surface area contributed by atoms with E-state index in [2.05, 4.69) is 25.8 Å². The number of aromatic nitrogens is 3. The molecule has 1 atom stereocenters. The molecular formula is C17H26FIN6O. The predicted octanol–water partition coefficient (Wildman–Crippen LogP) is 1.89. The first-order chi connectivity index (χ1) is 12.1. The van der Waals surface area contributed by atoms with Crippen molar-refractivity contribution in [3.05, 3.63) is 47.8 Å². The Morgan fingerprint density at radius 2 is 2.00 bits per heavy atom. The molecule has 0 radical (unpaired) electrons. The highest BCUT2D eigenvalue weighted by Gasteiger charge is 2.08. The van der Waals surface area contributed by atoms with Crippen LogP contribution in [0.4, 0.5) is 4.39 Å². The maximum Gasteiger partial charge on any atom is 0.191 e. The fourth-order valence-corrected chi connectivity index (χ4v) is 2.34. The molecule has 0 aliphatic heterocycles. The lowest BCUT2D eigenvalue weighted by molar-refractivity contribution is 0.187. The van der Waals surface area contributed by atoms with Crippen molar-refractivity contribution in [2.24, 2.45) is 4.99 Å². The second-order valence-corrected chi connectivity index (χ2v) is 5.51. The van der Waals surface area contributed by atoms with Gasteiger partial charge in [-0.15, -0.1) is 34.2 Å². The highest BCUT2D eigenvalue weighted by Crippen LogP contribution is 2.13. The predicted molar refractivity (Wildman–Crippen MR) is 110 cm³/mol. The van der Waals surface area contributed by atoms with Crippen molar-refractivity contribution in [2.75, 3.05) is 19.6 Å². The number of hydrogen-bond donors (Lipinski definition) is 3.